The summed E-state index contributed by atoms with van der Waals surface area (Å²) < 4.78 is 15.3. The predicted octanol–water partition coefficient (Wildman–Crippen LogP) is 3.13. The van der Waals surface area contributed by atoms with Crippen LogP contribution in [0.2, 0.25) is 0 Å². The number of nitrogens with zero attached hydrogens (tertiary/aromatic N) is 2. The molecule has 2 rings (SSSR count). The fourth-order valence-corrected chi connectivity index (χ4v) is 2.52. The van der Waals surface area contributed by atoms with Gasteiger partial charge in [-0.25, -0.2) is 4.79 Å². The molecule has 2 N–H and O–H groups in total. The number of methoxy groups -OCH3 is 2. The SMILES string of the molecule is COc1cc(NC(=O)N(CC(=O)Nc2cc(C)on2)CC(C)C)cc(OC)c1. The Kier molecular flexibility index (Phi) is 7.25. The second kappa shape index (κ2) is 9.63. The van der Waals surface area contributed by atoms with E-state index in [1.807, 2.05) is 13.8 Å². The molecule has 0 spiro atoms. The third-order valence-corrected chi connectivity index (χ3v) is 3.71. The molecule has 0 aliphatic carbocycles. The van der Waals surface area contributed by atoms with Crippen molar-refractivity contribution in [3.05, 3.63) is 30.0 Å². The van der Waals surface area contributed by atoms with Crippen molar-refractivity contribution in [3.63, 3.8) is 0 Å². The van der Waals surface area contributed by atoms with Crippen LogP contribution >= 0.6 is 0 Å². The maximum atomic E-state index is 12.8. The highest BCUT2D eigenvalue weighted by Crippen LogP contribution is 2.26. The Morgan fingerprint density at radius 2 is 1.75 bits per heavy atom. The summed E-state index contributed by atoms with van der Waals surface area (Å²) in [4.78, 5) is 26.5. The Balaban J connectivity index is 2.08. The lowest BCUT2D eigenvalue weighted by atomic mass is 10.2. The van der Waals surface area contributed by atoms with Crippen molar-refractivity contribution < 1.29 is 23.6 Å². The molecule has 0 aliphatic heterocycles. The van der Waals surface area contributed by atoms with Crippen molar-refractivity contribution in [3.8, 4) is 11.5 Å². The van der Waals surface area contributed by atoms with E-state index in [4.69, 9.17) is 14.0 Å². The molecular formula is C19H26N4O5. The van der Waals surface area contributed by atoms with E-state index in [0.29, 0.717) is 35.3 Å². The Morgan fingerprint density at radius 1 is 1.11 bits per heavy atom. The summed E-state index contributed by atoms with van der Waals surface area (Å²) in [6.45, 7) is 5.93. The summed E-state index contributed by atoms with van der Waals surface area (Å²) in [5.74, 6) is 1.79. The number of hydrogen-bond acceptors (Lipinski definition) is 6. The molecule has 0 fully saturated rings. The molecule has 3 amide bonds. The number of anilines is 2. The zero-order valence-electron chi connectivity index (χ0n) is 16.7. The third kappa shape index (κ3) is 6.19. The first-order chi connectivity index (χ1) is 13.3. The van der Waals surface area contributed by atoms with Gasteiger partial charge in [-0.05, 0) is 12.8 Å². The average molecular weight is 390 g/mol. The summed E-state index contributed by atoms with van der Waals surface area (Å²) in [5, 5.41) is 9.12. The highest BCUT2D eigenvalue weighted by molar-refractivity contribution is 5.96. The van der Waals surface area contributed by atoms with Crippen molar-refractivity contribution in [1.29, 1.82) is 0 Å². The van der Waals surface area contributed by atoms with E-state index < -0.39 is 6.03 Å². The molecular weight excluding hydrogens is 364 g/mol. The minimum absolute atomic E-state index is 0.128. The molecule has 0 saturated heterocycles. The van der Waals surface area contributed by atoms with Crippen LogP contribution < -0.4 is 20.1 Å². The summed E-state index contributed by atoms with van der Waals surface area (Å²) in [6.07, 6.45) is 0. The second-order valence-electron chi connectivity index (χ2n) is 6.68. The Hall–Kier alpha value is -3.23. The second-order valence-corrected chi connectivity index (χ2v) is 6.68. The molecule has 2 aromatic rings. The van der Waals surface area contributed by atoms with Crippen molar-refractivity contribution in [2.45, 2.75) is 20.8 Å². The summed E-state index contributed by atoms with van der Waals surface area (Å²) in [6, 6.07) is 6.25. The lowest BCUT2D eigenvalue weighted by Crippen LogP contribution is -2.42. The highest BCUT2D eigenvalue weighted by Gasteiger charge is 2.20. The zero-order valence-corrected chi connectivity index (χ0v) is 16.7. The van der Waals surface area contributed by atoms with Crippen molar-refractivity contribution >= 4 is 23.4 Å². The first-order valence-electron chi connectivity index (χ1n) is 8.83. The lowest BCUT2D eigenvalue weighted by Gasteiger charge is -2.24. The molecule has 0 unspecified atom stereocenters. The van der Waals surface area contributed by atoms with Gasteiger partial charge in [-0.3, -0.25) is 4.79 Å². The maximum absolute atomic E-state index is 12.8. The van der Waals surface area contributed by atoms with E-state index in [9.17, 15) is 9.59 Å². The fourth-order valence-electron chi connectivity index (χ4n) is 2.52. The number of carbonyl (C=O) groups is 2. The largest absolute Gasteiger partial charge is 0.497 e. The third-order valence-electron chi connectivity index (χ3n) is 3.71. The smallest absolute Gasteiger partial charge is 0.322 e. The van der Waals surface area contributed by atoms with Crippen LogP contribution in [0.15, 0.2) is 28.8 Å². The van der Waals surface area contributed by atoms with Crippen LogP contribution in [0, 0.1) is 12.8 Å². The minimum atomic E-state index is -0.407. The van der Waals surface area contributed by atoms with E-state index in [1.54, 1.807) is 31.2 Å². The number of carbonyl (C=O) groups excluding carboxylic acids is 2. The molecule has 28 heavy (non-hydrogen) atoms. The van der Waals surface area contributed by atoms with Gasteiger partial charge in [-0.15, -0.1) is 0 Å². The normalized spacial score (nSPS) is 10.5. The highest BCUT2D eigenvalue weighted by atomic mass is 16.5. The van der Waals surface area contributed by atoms with Crippen LogP contribution in [0.25, 0.3) is 0 Å². The monoisotopic (exact) mass is 390 g/mol. The van der Waals surface area contributed by atoms with Gasteiger partial charge in [0.15, 0.2) is 5.82 Å². The molecule has 0 saturated carbocycles. The van der Waals surface area contributed by atoms with Crippen molar-refractivity contribution in [2.24, 2.45) is 5.92 Å². The Morgan fingerprint density at radius 3 is 2.25 bits per heavy atom. The van der Waals surface area contributed by atoms with Gasteiger partial charge < -0.3 is 29.5 Å². The number of rotatable bonds is 8. The van der Waals surface area contributed by atoms with Gasteiger partial charge in [-0.2, -0.15) is 0 Å². The first-order valence-corrected chi connectivity index (χ1v) is 8.83. The quantitative estimate of drug-likeness (QED) is 0.717. The maximum Gasteiger partial charge on any atom is 0.322 e. The number of ether oxygens (including phenoxy) is 2. The molecule has 0 aliphatic rings. The van der Waals surface area contributed by atoms with Crippen LogP contribution in [0.5, 0.6) is 11.5 Å². The Labute approximate surface area is 164 Å². The molecule has 0 atom stereocenters. The summed E-state index contributed by atoms with van der Waals surface area (Å²) in [5.41, 5.74) is 0.502. The summed E-state index contributed by atoms with van der Waals surface area (Å²) in [7, 11) is 3.06. The van der Waals surface area contributed by atoms with Crippen LogP contribution in [0.4, 0.5) is 16.3 Å². The number of aromatic nitrogens is 1. The molecule has 1 aromatic carbocycles. The number of urea groups is 1. The van der Waals surface area contributed by atoms with E-state index >= 15 is 0 Å². The number of benzene rings is 1. The Bertz CT molecular complexity index is 796. The average Bonchev–Trinajstić information content (AvgIpc) is 3.04. The number of amides is 3. The molecule has 1 heterocycles. The zero-order chi connectivity index (χ0) is 20.7. The molecule has 1 aromatic heterocycles. The predicted molar refractivity (Wildman–Crippen MR) is 105 cm³/mol. The van der Waals surface area contributed by atoms with Crippen LogP contribution in [-0.2, 0) is 4.79 Å². The van der Waals surface area contributed by atoms with Gasteiger partial charge >= 0.3 is 6.03 Å². The van der Waals surface area contributed by atoms with Gasteiger partial charge in [0.1, 0.15) is 23.8 Å². The number of hydrogen-bond donors (Lipinski definition) is 2. The van der Waals surface area contributed by atoms with Gasteiger partial charge in [0.2, 0.25) is 5.91 Å². The summed E-state index contributed by atoms with van der Waals surface area (Å²) >= 11 is 0. The van der Waals surface area contributed by atoms with E-state index in [0.717, 1.165) is 0 Å². The van der Waals surface area contributed by atoms with E-state index in [-0.39, 0.29) is 18.4 Å². The minimum Gasteiger partial charge on any atom is -0.497 e. The van der Waals surface area contributed by atoms with Crippen LogP contribution in [0.1, 0.15) is 19.6 Å². The van der Waals surface area contributed by atoms with E-state index in [2.05, 4.69) is 15.8 Å². The van der Waals surface area contributed by atoms with Gasteiger partial charge in [-0.1, -0.05) is 19.0 Å². The molecule has 152 valence electrons. The number of aryl methyl sites for hydroxylation is 1. The van der Waals surface area contributed by atoms with Gasteiger partial charge in [0.25, 0.3) is 0 Å². The first kappa shape index (κ1) is 21.1. The topological polar surface area (TPSA) is 106 Å². The fraction of sp³-hybridized carbons (Fsp3) is 0.421. The van der Waals surface area contributed by atoms with Gasteiger partial charge in [0, 0.05) is 36.5 Å². The van der Waals surface area contributed by atoms with Crippen LogP contribution in [-0.4, -0.2) is 49.3 Å². The van der Waals surface area contributed by atoms with E-state index in [1.165, 1.54) is 19.1 Å². The van der Waals surface area contributed by atoms with Crippen LogP contribution in [0.3, 0.4) is 0 Å². The lowest BCUT2D eigenvalue weighted by molar-refractivity contribution is -0.116. The number of nitrogens with one attached hydrogen (secondary N) is 2. The molecule has 0 radical (unpaired) electrons. The van der Waals surface area contributed by atoms with Crippen molar-refractivity contribution in [1.82, 2.24) is 10.1 Å². The molecule has 9 nitrogen and oxygen atoms in total. The van der Waals surface area contributed by atoms with Crippen molar-refractivity contribution in [2.75, 3.05) is 37.9 Å². The molecule has 0 bridgehead atoms. The molecule has 9 heteroatoms. The standard InChI is InChI=1S/C19H26N4O5/c1-12(2)10-23(11-18(24)21-17-6-13(3)28-22-17)19(25)20-14-7-15(26-4)9-16(8-14)27-5/h6-9,12H,10-11H2,1-5H3,(H,20,25)(H,21,22,24). The van der Waals surface area contributed by atoms with Gasteiger partial charge in [0.05, 0.1) is 14.2 Å².